The summed E-state index contributed by atoms with van der Waals surface area (Å²) in [5.74, 6) is -0.677. The van der Waals surface area contributed by atoms with Gasteiger partial charge in [0.2, 0.25) is 0 Å². The van der Waals surface area contributed by atoms with Gasteiger partial charge in [-0.05, 0) is 30.5 Å². The number of alkyl halides is 3. The number of hydrogen-bond donors (Lipinski definition) is 0. The number of hydrogen-bond acceptors (Lipinski definition) is 5. The molecule has 2 rings (SSSR count). The molecular weight excluding hydrogens is 361 g/mol. The summed E-state index contributed by atoms with van der Waals surface area (Å²) in [6.45, 7) is 0. The molecule has 1 aliphatic rings. The SMILES string of the molecule is COC(=O)C1(c2ccc(Cl)cc2)CC(OS(=O)(=O)C(F)(F)F)C1. The number of carbonyl (C=O) groups is 1. The van der Waals surface area contributed by atoms with Crippen LogP contribution in [0.3, 0.4) is 0 Å². The van der Waals surface area contributed by atoms with Crippen molar-refractivity contribution in [1.29, 1.82) is 0 Å². The molecule has 0 heterocycles. The molecule has 1 fully saturated rings. The Balaban J connectivity index is 2.21. The summed E-state index contributed by atoms with van der Waals surface area (Å²) in [4.78, 5) is 12.0. The summed E-state index contributed by atoms with van der Waals surface area (Å²) in [7, 11) is -4.56. The third kappa shape index (κ3) is 3.31. The fraction of sp³-hybridized carbons (Fsp3) is 0.462. The Bertz CT molecular complexity index is 693. The summed E-state index contributed by atoms with van der Waals surface area (Å²) in [6, 6.07) is 6.10. The van der Waals surface area contributed by atoms with Gasteiger partial charge in [-0.15, -0.1) is 0 Å². The summed E-state index contributed by atoms with van der Waals surface area (Å²) in [5.41, 5.74) is -6.28. The van der Waals surface area contributed by atoms with Crippen LogP contribution in [0.5, 0.6) is 0 Å². The highest BCUT2D eigenvalue weighted by Gasteiger charge is 2.57. The highest BCUT2D eigenvalue weighted by atomic mass is 35.5. The van der Waals surface area contributed by atoms with Gasteiger partial charge >= 0.3 is 21.6 Å². The van der Waals surface area contributed by atoms with E-state index in [2.05, 4.69) is 8.92 Å². The van der Waals surface area contributed by atoms with Gasteiger partial charge in [0.15, 0.2) is 0 Å². The van der Waals surface area contributed by atoms with Crippen molar-refractivity contribution in [3.05, 3.63) is 34.9 Å². The first kappa shape index (κ1) is 18.0. The van der Waals surface area contributed by atoms with Gasteiger partial charge in [0.05, 0.1) is 18.6 Å². The first-order valence-electron chi connectivity index (χ1n) is 6.36. The molecule has 1 saturated carbocycles. The lowest BCUT2D eigenvalue weighted by Crippen LogP contribution is -2.53. The zero-order valence-electron chi connectivity index (χ0n) is 11.8. The van der Waals surface area contributed by atoms with Crippen LogP contribution >= 0.6 is 11.6 Å². The first-order valence-corrected chi connectivity index (χ1v) is 8.14. The van der Waals surface area contributed by atoms with E-state index >= 15 is 0 Å². The number of methoxy groups -OCH3 is 1. The van der Waals surface area contributed by atoms with E-state index in [1.807, 2.05) is 0 Å². The largest absolute Gasteiger partial charge is 0.523 e. The van der Waals surface area contributed by atoms with E-state index in [1.54, 1.807) is 0 Å². The van der Waals surface area contributed by atoms with Crippen LogP contribution in [0.1, 0.15) is 18.4 Å². The van der Waals surface area contributed by atoms with Crippen LogP contribution in [0.25, 0.3) is 0 Å². The number of benzene rings is 1. The van der Waals surface area contributed by atoms with Crippen molar-refractivity contribution >= 4 is 27.7 Å². The van der Waals surface area contributed by atoms with E-state index in [0.717, 1.165) is 7.11 Å². The van der Waals surface area contributed by atoms with Crippen molar-refractivity contribution in [2.24, 2.45) is 0 Å². The fourth-order valence-corrected chi connectivity index (χ4v) is 3.23. The third-order valence-electron chi connectivity index (χ3n) is 3.67. The van der Waals surface area contributed by atoms with Crippen molar-refractivity contribution in [2.75, 3.05) is 7.11 Å². The van der Waals surface area contributed by atoms with Crippen molar-refractivity contribution in [3.8, 4) is 0 Å². The monoisotopic (exact) mass is 372 g/mol. The fourth-order valence-electron chi connectivity index (χ4n) is 2.50. The standard InChI is InChI=1S/C13H12ClF3O5S/c1-21-11(18)12(8-2-4-9(14)5-3-8)6-10(7-12)22-23(19,20)13(15,16)17/h2-5,10H,6-7H2,1H3. The molecule has 0 N–H and O–H groups in total. The minimum Gasteiger partial charge on any atom is -0.468 e. The molecule has 1 aromatic rings. The number of carbonyl (C=O) groups excluding carboxylic acids is 1. The van der Waals surface area contributed by atoms with Crippen LogP contribution in [0.2, 0.25) is 5.02 Å². The summed E-state index contributed by atoms with van der Waals surface area (Å²) in [5, 5.41) is 0.417. The van der Waals surface area contributed by atoms with Crippen LogP contribution in [-0.2, 0) is 29.2 Å². The summed E-state index contributed by atoms with van der Waals surface area (Å²) >= 11 is 5.76. The lowest BCUT2D eigenvalue weighted by atomic mass is 9.62. The number of halogens is 4. The molecular formula is C13H12ClF3O5S. The molecule has 5 nitrogen and oxygen atoms in total. The maximum atomic E-state index is 12.3. The maximum Gasteiger partial charge on any atom is 0.523 e. The minimum absolute atomic E-state index is 0.239. The Labute approximate surface area is 135 Å². The van der Waals surface area contributed by atoms with E-state index in [-0.39, 0.29) is 12.8 Å². The van der Waals surface area contributed by atoms with Crippen LogP contribution in [0.15, 0.2) is 24.3 Å². The molecule has 0 aliphatic heterocycles. The van der Waals surface area contributed by atoms with Crippen molar-refractivity contribution in [3.63, 3.8) is 0 Å². The van der Waals surface area contributed by atoms with E-state index in [9.17, 15) is 26.4 Å². The zero-order chi connectivity index (χ0) is 17.5. The molecule has 10 heteroatoms. The molecule has 0 unspecified atom stereocenters. The highest BCUT2D eigenvalue weighted by Crippen LogP contribution is 2.48. The molecule has 128 valence electrons. The Morgan fingerprint density at radius 2 is 1.78 bits per heavy atom. The molecule has 0 radical (unpaired) electrons. The average Bonchev–Trinajstić information content (AvgIpc) is 2.41. The third-order valence-corrected chi connectivity index (χ3v) is 5.02. The highest BCUT2D eigenvalue weighted by molar-refractivity contribution is 7.87. The summed E-state index contributed by atoms with van der Waals surface area (Å²) < 4.78 is 67.8. The number of esters is 1. The second-order valence-corrected chi connectivity index (χ2v) is 7.11. The summed E-state index contributed by atoms with van der Waals surface area (Å²) in [6.07, 6.45) is -1.73. The van der Waals surface area contributed by atoms with Crippen LogP contribution < -0.4 is 0 Å². The quantitative estimate of drug-likeness (QED) is 0.462. The Kier molecular flexibility index (Phi) is 4.67. The van der Waals surface area contributed by atoms with Gasteiger partial charge in [-0.2, -0.15) is 21.6 Å². The predicted molar refractivity (Wildman–Crippen MR) is 74.2 cm³/mol. The van der Waals surface area contributed by atoms with Gasteiger partial charge in [0.25, 0.3) is 0 Å². The average molecular weight is 373 g/mol. The minimum atomic E-state index is -5.70. The second kappa shape index (κ2) is 5.95. The number of ether oxygens (including phenoxy) is 1. The lowest BCUT2D eigenvalue weighted by molar-refractivity contribution is -0.156. The Morgan fingerprint density at radius 1 is 1.26 bits per heavy atom. The van der Waals surface area contributed by atoms with Crippen LogP contribution in [0, 0.1) is 0 Å². The van der Waals surface area contributed by atoms with Gasteiger partial charge in [0.1, 0.15) is 0 Å². The molecule has 0 aromatic heterocycles. The smallest absolute Gasteiger partial charge is 0.468 e. The lowest BCUT2D eigenvalue weighted by Gasteiger charge is -2.44. The molecule has 0 amide bonds. The molecule has 0 spiro atoms. The Hall–Kier alpha value is -1.32. The molecule has 1 aromatic carbocycles. The predicted octanol–water partition coefficient (Wildman–Crippen LogP) is 2.78. The molecule has 0 saturated heterocycles. The molecule has 1 aliphatic carbocycles. The molecule has 0 atom stereocenters. The van der Waals surface area contributed by atoms with Gasteiger partial charge in [-0.1, -0.05) is 23.7 Å². The molecule has 23 heavy (non-hydrogen) atoms. The maximum absolute atomic E-state index is 12.3. The normalized spacial score (nSPS) is 24.8. The van der Waals surface area contributed by atoms with Gasteiger partial charge in [0, 0.05) is 5.02 Å². The first-order chi connectivity index (χ1) is 10.5. The zero-order valence-corrected chi connectivity index (χ0v) is 13.3. The van der Waals surface area contributed by atoms with Crippen molar-refractivity contribution < 1.29 is 35.3 Å². The topological polar surface area (TPSA) is 69.7 Å². The number of rotatable bonds is 4. The second-order valence-electron chi connectivity index (χ2n) is 5.11. The van der Waals surface area contributed by atoms with Crippen LogP contribution in [-0.4, -0.2) is 33.1 Å². The van der Waals surface area contributed by atoms with Crippen molar-refractivity contribution in [1.82, 2.24) is 0 Å². The van der Waals surface area contributed by atoms with E-state index in [0.29, 0.717) is 10.6 Å². The Morgan fingerprint density at radius 3 is 2.22 bits per heavy atom. The van der Waals surface area contributed by atoms with Gasteiger partial charge in [-0.3, -0.25) is 8.98 Å². The van der Waals surface area contributed by atoms with Crippen molar-refractivity contribution in [2.45, 2.75) is 29.9 Å². The van der Waals surface area contributed by atoms with E-state index < -0.39 is 33.1 Å². The molecule has 0 bridgehead atoms. The van der Waals surface area contributed by atoms with E-state index in [4.69, 9.17) is 11.6 Å². The van der Waals surface area contributed by atoms with E-state index in [1.165, 1.54) is 24.3 Å². The van der Waals surface area contributed by atoms with Gasteiger partial charge < -0.3 is 4.74 Å². The van der Waals surface area contributed by atoms with Gasteiger partial charge in [-0.25, -0.2) is 0 Å². The van der Waals surface area contributed by atoms with Crippen LogP contribution in [0.4, 0.5) is 13.2 Å².